The minimum Gasteiger partial charge on any atom is -0.497 e. The number of nitrogens with one attached hydrogen (secondary N) is 1. The lowest BCUT2D eigenvalue weighted by atomic mass is 9.92. The summed E-state index contributed by atoms with van der Waals surface area (Å²) in [5.74, 6) is 0.261. The molecule has 1 N–H and O–H groups in total. The lowest BCUT2D eigenvalue weighted by Gasteiger charge is -2.23. The molecule has 1 heterocycles. The van der Waals surface area contributed by atoms with Gasteiger partial charge < -0.3 is 10.1 Å². The third kappa shape index (κ3) is 3.17. The Morgan fingerprint density at radius 1 is 1.16 bits per heavy atom. The van der Waals surface area contributed by atoms with Gasteiger partial charge in [0.25, 0.3) is 5.91 Å². The summed E-state index contributed by atoms with van der Waals surface area (Å²) < 4.78 is 5.20. The normalized spacial score (nSPS) is 19.9. The van der Waals surface area contributed by atoms with E-state index in [9.17, 15) is 9.59 Å². The first-order valence-corrected chi connectivity index (χ1v) is 8.33. The van der Waals surface area contributed by atoms with Crippen LogP contribution in [0.1, 0.15) is 18.1 Å². The first-order valence-electron chi connectivity index (χ1n) is 7.57. The summed E-state index contributed by atoms with van der Waals surface area (Å²) in [5, 5.41) is 3.66. The number of benzene rings is 2. The molecule has 1 aliphatic heterocycles. The van der Waals surface area contributed by atoms with E-state index in [0.29, 0.717) is 26.9 Å². The third-order valence-corrected chi connectivity index (χ3v) is 4.85. The third-order valence-electron chi connectivity index (χ3n) is 4.27. The molecule has 0 bridgehead atoms. The number of imide groups is 1. The van der Waals surface area contributed by atoms with Gasteiger partial charge in [-0.25, -0.2) is 4.79 Å². The van der Waals surface area contributed by atoms with Gasteiger partial charge >= 0.3 is 6.03 Å². The van der Waals surface area contributed by atoms with Gasteiger partial charge in [-0.15, -0.1) is 0 Å². The summed E-state index contributed by atoms with van der Waals surface area (Å²) in [7, 11) is 1.55. The van der Waals surface area contributed by atoms with E-state index in [-0.39, 0.29) is 12.5 Å². The second-order valence-corrected chi connectivity index (χ2v) is 6.76. The van der Waals surface area contributed by atoms with E-state index < -0.39 is 11.6 Å². The Labute approximate surface area is 155 Å². The number of nitrogens with zero attached hydrogens (tertiary/aromatic N) is 1. The van der Waals surface area contributed by atoms with Gasteiger partial charge in [0.2, 0.25) is 0 Å². The van der Waals surface area contributed by atoms with Gasteiger partial charge in [0, 0.05) is 10.0 Å². The van der Waals surface area contributed by atoms with E-state index in [0.717, 1.165) is 4.90 Å². The van der Waals surface area contributed by atoms with Gasteiger partial charge in [-0.1, -0.05) is 41.4 Å². The number of urea groups is 1. The largest absolute Gasteiger partial charge is 0.497 e. The number of rotatable bonds is 4. The van der Waals surface area contributed by atoms with Crippen molar-refractivity contribution in [3.8, 4) is 5.75 Å². The fourth-order valence-electron chi connectivity index (χ4n) is 2.79. The lowest BCUT2D eigenvalue weighted by Crippen LogP contribution is -2.40. The van der Waals surface area contributed by atoms with Crippen LogP contribution in [0.5, 0.6) is 5.75 Å². The zero-order valence-corrected chi connectivity index (χ0v) is 15.2. The highest BCUT2D eigenvalue weighted by atomic mass is 35.5. The van der Waals surface area contributed by atoms with E-state index in [1.165, 1.54) is 0 Å². The first-order chi connectivity index (χ1) is 11.8. The predicted octanol–water partition coefficient (Wildman–Crippen LogP) is 3.97. The average molecular weight is 379 g/mol. The second kappa shape index (κ2) is 6.58. The van der Waals surface area contributed by atoms with Crippen LogP contribution in [-0.4, -0.2) is 23.9 Å². The van der Waals surface area contributed by atoms with Crippen molar-refractivity contribution < 1.29 is 14.3 Å². The van der Waals surface area contributed by atoms with Crippen LogP contribution in [0.4, 0.5) is 4.79 Å². The van der Waals surface area contributed by atoms with E-state index in [4.69, 9.17) is 27.9 Å². The van der Waals surface area contributed by atoms with E-state index in [1.807, 2.05) is 0 Å². The molecule has 2 aromatic carbocycles. The number of carbonyl (C=O) groups excluding carboxylic acids is 2. The fraction of sp³-hybridized carbons (Fsp3) is 0.222. The van der Waals surface area contributed by atoms with E-state index in [2.05, 4.69) is 5.32 Å². The molecule has 1 saturated heterocycles. The summed E-state index contributed by atoms with van der Waals surface area (Å²) in [6.45, 7) is 1.74. The van der Waals surface area contributed by atoms with E-state index >= 15 is 0 Å². The number of halogens is 2. The molecule has 0 saturated carbocycles. The average Bonchev–Trinajstić information content (AvgIpc) is 2.81. The van der Waals surface area contributed by atoms with Crippen molar-refractivity contribution in [2.24, 2.45) is 0 Å². The molecule has 1 atom stereocenters. The van der Waals surface area contributed by atoms with Crippen LogP contribution in [0.25, 0.3) is 0 Å². The standard InChI is InChI=1S/C18H16Cl2N2O3/c1-18(12-4-3-5-14(8-12)25-2)16(23)22(17(24)21-18)10-11-6-7-13(19)9-15(11)20/h3-9H,10H2,1-2H3,(H,21,24)/t18-/m0/s1. The molecule has 1 aliphatic rings. The van der Waals surface area contributed by atoms with Crippen LogP contribution in [0.3, 0.4) is 0 Å². The summed E-state index contributed by atoms with van der Waals surface area (Å²) >= 11 is 12.0. The molecule has 0 radical (unpaired) electrons. The minimum atomic E-state index is -1.16. The number of hydrogen-bond acceptors (Lipinski definition) is 3. The van der Waals surface area contributed by atoms with Crippen molar-refractivity contribution in [2.45, 2.75) is 19.0 Å². The molecule has 0 aromatic heterocycles. The van der Waals surface area contributed by atoms with Crippen molar-refractivity contribution >= 4 is 35.1 Å². The van der Waals surface area contributed by atoms with Crippen LogP contribution in [0.2, 0.25) is 10.0 Å². The Hall–Kier alpha value is -2.24. The monoisotopic (exact) mass is 378 g/mol. The quantitative estimate of drug-likeness (QED) is 0.818. The summed E-state index contributed by atoms with van der Waals surface area (Å²) in [4.78, 5) is 26.5. The highest BCUT2D eigenvalue weighted by molar-refractivity contribution is 6.35. The number of carbonyl (C=O) groups is 2. The van der Waals surface area contributed by atoms with Gasteiger partial charge in [-0.2, -0.15) is 0 Å². The number of amides is 3. The van der Waals surface area contributed by atoms with Crippen LogP contribution >= 0.6 is 23.2 Å². The van der Waals surface area contributed by atoms with Crippen LogP contribution in [0.15, 0.2) is 42.5 Å². The Kier molecular flexibility index (Phi) is 4.62. The predicted molar refractivity (Wildman–Crippen MR) is 95.9 cm³/mol. The molecule has 2 aromatic rings. The molecule has 3 amide bonds. The van der Waals surface area contributed by atoms with Gasteiger partial charge in [-0.05, 0) is 42.3 Å². The van der Waals surface area contributed by atoms with Crippen LogP contribution < -0.4 is 10.1 Å². The van der Waals surface area contributed by atoms with E-state index in [1.54, 1.807) is 56.5 Å². The maximum atomic E-state index is 13.0. The Morgan fingerprint density at radius 2 is 1.92 bits per heavy atom. The summed E-state index contributed by atoms with van der Waals surface area (Å²) in [5.41, 5.74) is 0.129. The van der Waals surface area contributed by atoms with Crippen molar-refractivity contribution in [2.75, 3.05) is 7.11 Å². The topological polar surface area (TPSA) is 58.6 Å². The minimum absolute atomic E-state index is 0.0697. The molecular weight excluding hydrogens is 363 g/mol. The second-order valence-electron chi connectivity index (χ2n) is 5.91. The number of ether oxygens (including phenoxy) is 1. The Morgan fingerprint density at radius 3 is 2.60 bits per heavy atom. The lowest BCUT2D eigenvalue weighted by molar-refractivity contribution is -0.131. The first kappa shape index (κ1) is 17.6. The fourth-order valence-corrected chi connectivity index (χ4v) is 3.26. The van der Waals surface area contributed by atoms with Gasteiger partial charge in [0.1, 0.15) is 11.3 Å². The molecule has 1 fully saturated rings. The van der Waals surface area contributed by atoms with Crippen molar-refractivity contribution in [3.05, 3.63) is 63.6 Å². The number of hydrogen-bond donors (Lipinski definition) is 1. The SMILES string of the molecule is COc1cccc([C@]2(C)NC(=O)N(Cc3ccc(Cl)cc3Cl)C2=O)c1. The van der Waals surface area contributed by atoms with Gasteiger partial charge in [0.15, 0.2) is 0 Å². The molecule has 0 spiro atoms. The van der Waals surface area contributed by atoms with Crippen molar-refractivity contribution in [3.63, 3.8) is 0 Å². The molecule has 5 nitrogen and oxygen atoms in total. The zero-order valence-electron chi connectivity index (χ0n) is 13.7. The molecule has 7 heteroatoms. The molecule has 130 valence electrons. The molecule has 25 heavy (non-hydrogen) atoms. The van der Waals surface area contributed by atoms with Crippen molar-refractivity contribution in [1.29, 1.82) is 0 Å². The van der Waals surface area contributed by atoms with Gasteiger partial charge in [0.05, 0.1) is 13.7 Å². The van der Waals surface area contributed by atoms with Crippen LogP contribution in [-0.2, 0) is 16.9 Å². The maximum absolute atomic E-state index is 13.0. The highest BCUT2D eigenvalue weighted by Gasteiger charge is 2.49. The Bertz CT molecular complexity index is 856. The molecule has 0 aliphatic carbocycles. The maximum Gasteiger partial charge on any atom is 0.325 e. The highest BCUT2D eigenvalue weighted by Crippen LogP contribution is 2.32. The zero-order chi connectivity index (χ0) is 18.2. The molecule has 0 unspecified atom stereocenters. The molecule has 3 rings (SSSR count). The smallest absolute Gasteiger partial charge is 0.325 e. The summed E-state index contributed by atoms with van der Waals surface area (Å²) in [6, 6.07) is 11.5. The molecular formula is C18H16Cl2N2O3. The van der Waals surface area contributed by atoms with Gasteiger partial charge in [-0.3, -0.25) is 9.69 Å². The number of methoxy groups -OCH3 is 1. The van der Waals surface area contributed by atoms with Crippen molar-refractivity contribution in [1.82, 2.24) is 10.2 Å². The Balaban J connectivity index is 1.91. The van der Waals surface area contributed by atoms with Crippen LogP contribution in [0, 0.1) is 0 Å². The summed E-state index contributed by atoms with van der Waals surface area (Å²) in [6.07, 6.45) is 0.